The molecule has 0 aliphatic carbocycles. The highest BCUT2D eigenvalue weighted by molar-refractivity contribution is 6.21. The first-order chi connectivity index (χ1) is 9.35. The van der Waals surface area contributed by atoms with Crippen LogP contribution in [0.1, 0.15) is 41.0 Å². The molecule has 2 amide bonds. The summed E-state index contributed by atoms with van der Waals surface area (Å²) >= 11 is 0. The van der Waals surface area contributed by atoms with Crippen LogP contribution in [0.4, 0.5) is 0 Å². The van der Waals surface area contributed by atoms with Gasteiger partial charge in [-0.2, -0.15) is 0 Å². The molecular formula is C15H17NO4. The van der Waals surface area contributed by atoms with Gasteiger partial charge < -0.3 is 4.74 Å². The Morgan fingerprint density at radius 1 is 1.15 bits per heavy atom. The van der Waals surface area contributed by atoms with E-state index in [2.05, 4.69) is 4.74 Å². The van der Waals surface area contributed by atoms with Crippen LogP contribution >= 0.6 is 0 Å². The molecule has 20 heavy (non-hydrogen) atoms. The maximum absolute atomic E-state index is 12.2. The van der Waals surface area contributed by atoms with Crippen molar-refractivity contribution in [2.24, 2.45) is 5.41 Å². The summed E-state index contributed by atoms with van der Waals surface area (Å²) in [5, 5.41) is 0. The van der Waals surface area contributed by atoms with Crippen molar-refractivity contribution in [3.63, 3.8) is 0 Å². The van der Waals surface area contributed by atoms with E-state index < -0.39 is 5.41 Å². The zero-order valence-electron chi connectivity index (χ0n) is 11.8. The highest BCUT2D eigenvalue weighted by Gasteiger charge is 2.38. The zero-order chi connectivity index (χ0) is 14.9. The number of ether oxygens (including phenoxy) is 1. The molecule has 0 atom stereocenters. The van der Waals surface area contributed by atoms with E-state index in [1.807, 2.05) is 13.8 Å². The second-order valence-corrected chi connectivity index (χ2v) is 5.66. The number of rotatable bonds is 4. The first-order valence-electron chi connectivity index (χ1n) is 6.38. The fourth-order valence-corrected chi connectivity index (χ4v) is 2.33. The van der Waals surface area contributed by atoms with Crippen molar-refractivity contribution in [2.45, 2.75) is 20.3 Å². The molecule has 0 unspecified atom stereocenters. The van der Waals surface area contributed by atoms with Crippen molar-refractivity contribution in [3.8, 4) is 0 Å². The summed E-state index contributed by atoms with van der Waals surface area (Å²) in [5.74, 6) is -0.960. The van der Waals surface area contributed by atoms with Crippen LogP contribution in [-0.2, 0) is 9.53 Å². The van der Waals surface area contributed by atoms with Crippen LogP contribution in [-0.4, -0.2) is 36.3 Å². The lowest BCUT2D eigenvalue weighted by Gasteiger charge is -2.27. The number of nitrogens with zero attached hydrogens (tertiary/aromatic N) is 1. The van der Waals surface area contributed by atoms with E-state index in [0.29, 0.717) is 11.1 Å². The summed E-state index contributed by atoms with van der Waals surface area (Å²) in [6.07, 6.45) is 0.150. The number of methoxy groups -OCH3 is 1. The van der Waals surface area contributed by atoms with E-state index in [4.69, 9.17) is 0 Å². The molecule has 0 aromatic heterocycles. The van der Waals surface area contributed by atoms with Gasteiger partial charge in [-0.25, -0.2) is 0 Å². The topological polar surface area (TPSA) is 63.7 Å². The molecule has 0 fully saturated rings. The lowest BCUT2D eigenvalue weighted by Crippen LogP contribution is -2.39. The molecule has 0 saturated heterocycles. The number of esters is 1. The Bertz CT molecular complexity index is 542. The predicted octanol–water partition coefficient (Wildman–Crippen LogP) is 1.87. The van der Waals surface area contributed by atoms with E-state index in [1.54, 1.807) is 24.3 Å². The minimum atomic E-state index is -0.527. The smallest absolute Gasteiger partial charge is 0.306 e. The monoisotopic (exact) mass is 275 g/mol. The van der Waals surface area contributed by atoms with Gasteiger partial charge in [0.1, 0.15) is 0 Å². The first-order valence-corrected chi connectivity index (χ1v) is 6.38. The standard InChI is InChI=1S/C15H17NO4/c1-15(2,8-12(17)20-3)9-16-13(18)10-6-4-5-7-11(10)14(16)19/h4-7H,8-9H2,1-3H3. The van der Waals surface area contributed by atoms with Crippen LogP contribution in [0.2, 0.25) is 0 Å². The molecule has 1 aliphatic heterocycles. The van der Waals surface area contributed by atoms with Gasteiger partial charge in [0.2, 0.25) is 0 Å². The Balaban J connectivity index is 2.18. The van der Waals surface area contributed by atoms with E-state index in [-0.39, 0.29) is 30.7 Å². The number of hydrogen-bond donors (Lipinski definition) is 0. The summed E-state index contributed by atoms with van der Waals surface area (Å²) in [5.41, 5.74) is 0.318. The third-order valence-electron chi connectivity index (χ3n) is 3.31. The van der Waals surface area contributed by atoms with Crippen molar-refractivity contribution in [1.29, 1.82) is 0 Å². The third kappa shape index (κ3) is 2.57. The summed E-state index contributed by atoms with van der Waals surface area (Å²) in [4.78, 5) is 37.0. The van der Waals surface area contributed by atoms with Gasteiger partial charge in [0, 0.05) is 6.54 Å². The maximum atomic E-state index is 12.2. The molecule has 5 nitrogen and oxygen atoms in total. The number of carbonyl (C=O) groups is 3. The van der Waals surface area contributed by atoms with Crippen molar-refractivity contribution >= 4 is 17.8 Å². The fraction of sp³-hybridized carbons (Fsp3) is 0.400. The quantitative estimate of drug-likeness (QED) is 0.621. The minimum absolute atomic E-state index is 0.150. The molecule has 5 heteroatoms. The van der Waals surface area contributed by atoms with E-state index >= 15 is 0 Å². The first kappa shape index (κ1) is 14.2. The average Bonchev–Trinajstić information content (AvgIpc) is 2.64. The second kappa shape index (κ2) is 5.07. The molecule has 106 valence electrons. The van der Waals surface area contributed by atoms with Crippen LogP contribution in [0.25, 0.3) is 0 Å². The molecule has 1 aromatic rings. The van der Waals surface area contributed by atoms with Crippen LogP contribution in [0.3, 0.4) is 0 Å². The van der Waals surface area contributed by atoms with Crippen LogP contribution < -0.4 is 0 Å². The van der Waals surface area contributed by atoms with Gasteiger partial charge in [0.05, 0.1) is 24.7 Å². The maximum Gasteiger partial charge on any atom is 0.306 e. The predicted molar refractivity (Wildman–Crippen MR) is 72.2 cm³/mol. The van der Waals surface area contributed by atoms with Gasteiger partial charge in [0.15, 0.2) is 0 Å². The van der Waals surface area contributed by atoms with Crippen LogP contribution in [0.15, 0.2) is 24.3 Å². The highest BCUT2D eigenvalue weighted by Crippen LogP contribution is 2.29. The summed E-state index contributed by atoms with van der Waals surface area (Å²) in [6.45, 7) is 3.84. The van der Waals surface area contributed by atoms with Crippen molar-refractivity contribution in [2.75, 3.05) is 13.7 Å². The lowest BCUT2D eigenvalue weighted by atomic mass is 9.88. The Morgan fingerprint density at radius 3 is 2.10 bits per heavy atom. The molecular weight excluding hydrogens is 258 g/mol. The van der Waals surface area contributed by atoms with Crippen molar-refractivity contribution in [1.82, 2.24) is 4.90 Å². The molecule has 0 spiro atoms. The van der Waals surface area contributed by atoms with E-state index in [1.165, 1.54) is 12.0 Å². The zero-order valence-corrected chi connectivity index (χ0v) is 11.8. The molecule has 0 saturated carbocycles. The Hall–Kier alpha value is -2.17. The van der Waals surface area contributed by atoms with E-state index in [9.17, 15) is 14.4 Å². The van der Waals surface area contributed by atoms with Gasteiger partial charge in [-0.05, 0) is 17.5 Å². The number of amides is 2. The van der Waals surface area contributed by atoms with E-state index in [0.717, 1.165) is 0 Å². The van der Waals surface area contributed by atoms with Gasteiger partial charge in [0.25, 0.3) is 11.8 Å². The molecule has 2 rings (SSSR count). The molecule has 0 bridgehead atoms. The molecule has 1 aliphatic rings. The normalized spacial score (nSPS) is 14.4. The molecule has 1 heterocycles. The third-order valence-corrected chi connectivity index (χ3v) is 3.31. The SMILES string of the molecule is COC(=O)CC(C)(C)CN1C(=O)c2ccccc2C1=O. The number of carbonyl (C=O) groups excluding carboxylic acids is 3. The Kier molecular flexibility index (Phi) is 3.61. The average molecular weight is 275 g/mol. The molecule has 1 aromatic carbocycles. The van der Waals surface area contributed by atoms with Crippen molar-refractivity contribution < 1.29 is 19.1 Å². The molecule has 0 radical (unpaired) electrons. The number of hydrogen-bond acceptors (Lipinski definition) is 4. The van der Waals surface area contributed by atoms with Gasteiger partial charge in [-0.1, -0.05) is 26.0 Å². The summed E-state index contributed by atoms with van der Waals surface area (Å²) < 4.78 is 4.64. The lowest BCUT2D eigenvalue weighted by molar-refractivity contribution is -0.143. The van der Waals surface area contributed by atoms with Gasteiger partial charge in [-0.3, -0.25) is 19.3 Å². The fourth-order valence-electron chi connectivity index (χ4n) is 2.33. The summed E-state index contributed by atoms with van der Waals surface area (Å²) in [7, 11) is 1.32. The highest BCUT2D eigenvalue weighted by atomic mass is 16.5. The minimum Gasteiger partial charge on any atom is -0.469 e. The Morgan fingerprint density at radius 2 is 1.65 bits per heavy atom. The largest absolute Gasteiger partial charge is 0.469 e. The second-order valence-electron chi connectivity index (χ2n) is 5.66. The van der Waals surface area contributed by atoms with Crippen molar-refractivity contribution in [3.05, 3.63) is 35.4 Å². The molecule has 0 N–H and O–H groups in total. The van der Waals surface area contributed by atoms with Crippen LogP contribution in [0, 0.1) is 5.41 Å². The van der Waals surface area contributed by atoms with Gasteiger partial charge in [-0.15, -0.1) is 0 Å². The van der Waals surface area contributed by atoms with Gasteiger partial charge >= 0.3 is 5.97 Å². The summed E-state index contributed by atoms with van der Waals surface area (Å²) in [6, 6.07) is 6.74. The number of imide groups is 1. The number of benzene rings is 1. The number of fused-ring (bicyclic) bond motifs is 1. The Labute approximate surface area is 117 Å². The van der Waals surface area contributed by atoms with Crippen LogP contribution in [0.5, 0.6) is 0 Å².